The molecule has 0 aliphatic carbocycles. The number of carbonyl (C=O) groups excluding carboxylic acids is 2. The number of amides is 2. The van der Waals surface area contributed by atoms with Crippen molar-refractivity contribution >= 4 is 56.4 Å². The molecule has 2 amide bonds. The molecule has 0 atom stereocenters. The van der Waals surface area contributed by atoms with Crippen molar-refractivity contribution in [1.82, 2.24) is 5.32 Å². The van der Waals surface area contributed by atoms with Gasteiger partial charge in [-0.25, -0.2) is 8.42 Å². The Hall–Kier alpha value is -3.33. The predicted octanol–water partition coefficient (Wildman–Crippen LogP) is 4.74. The van der Waals surface area contributed by atoms with Crippen LogP contribution in [0.5, 0.6) is 0 Å². The summed E-state index contributed by atoms with van der Waals surface area (Å²) in [7, 11) is -4.15. The van der Waals surface area contributed by atoms with Gasteiger partial charge in [-0.3, -0.25) is 13.9 Å². The number of para-hydroxylation sites is 1. The number of sulfonamides is 1. The number of carbonyl (C=O) groups is 2. The number of nitrogens with zero attached hydrogens (tertiary/aromatic N) is 1. The Morgan fingerprint density at radius 1 is 0.941 bits per heavy atom. The smallest absolute Gasteiger partial charge is 0.264 e. The van der Waals surface area contributed by atoms with Crippen LogP contribution in [0.1, 0.15) is 10.4 Å². The maximum absolute atomic E-state index is 13.4. The maximum Gasteiger partial charge on any atom is 0.264 e. The minimum atomic E-state index is -4.15. The van der Waals surface area contributed by atoms with Gasteiger partial charge in [-0.15, -0.1) is 6.58 Å². The molecule has 0 heterocycles. The number of benzene rings is 3. The molecule has 0 bridgehead atoms. The first-order chi connectivity index (χ1) is 16.2. The molecule has 0 aliphatic heterocycles. The van der Waals surface area contributed by atoms with Crippen LogP contribution in [0.25, 0.3) is 0 Å². The van der Waals surface area contributed by atoms with Gasteiger partial charge in [0.1, 0.15) is 6.54 Å². The van der Waals surface area contributed by atoms with Gasteiger partial charge >= 0.3 is 0 Å². The van der Waals surface area contributed by atoms with E-state index in [4.69, 9.17) is 23.2 Å². The molecule has 0 saturated carbocycles. The Balaban J connectivity index is 1.92. The third-order valence-electron chi connectivity index (χ3n) is 4.64. The van der Waals surface area contributed by atoms with Crippen LogP contribution in [-0.4, -0.2) is 33.3 Å². The fourth-order valence-corrected chi connectivity index (χ4v) is 4.77. The van der Waals surface area contributed by atoms with Gasteiger partial charge < -0.3 is 10.6 Å². The summed E-state index contributed by atoms with van der Waals surface area (Å²) in [5, 5.41) is 5.95. The normalized spacial score (nSPS) is 10.9. The quantitative estimate of drug-likeness (QED) is 0.400. The number of halogens is 2. The zero-order valence-corrected chi connectivity index (χ0v) is 20.2. The van der Waals surface area contributed by atoms with Crippen molar-refractivity contribution in [2.75, 3.05) is 22.7 Å². The summed E-state index contributed by atoms with van der Waals surface area (Å²) in [6.45, 7) is 3.25. The molecular formula is C24H21Cl2N3O4S. The van der Waals surface area contributed by atoms with Crippen molar-refractivity contribution < 1.29 is 18.0 Å². The van der Waals surface area contributed by atoms with Crippen molar-refractivity contribution in [1.29, 1.82) is 0 Å². The summed E-state index contributed by atoms with van der Waals surface area (Å²) in [6.07, 6.45) is 1.53. The summed E-state index contributed by atoms with van der Waals surface area (Å²) in [6, 6.07) is 18.2. The highest BCUT2D eigenvalue weighted by atomic mass is 35.5. The van der Waals surface area contributed by atoms with E-state index in [-0.39, 0.29) is 28.4 Å². The van der Waals surface area contributed by atoms with Crippen LogP contribution in [0.15, 0.2) is 90.3 Å². The molecule has 0 saturated heterocycles. The van der Waals surface area contributed by atoms with Crippen LogP contribution in [0.2, 0.25) is 10.0 Å². The van der Waals surface area contributed by atoms with Gasteiger partial charge in [0.25, 0.3) is 15.9 Å². The van der Waals surface area contributed by atoms with Crippen molar-refractivity contribution in [2.24, 2.45) is 0 Å². The van der Waals surface area contributed by atoms with Crippen LogP contribution < -0.4 is 14.9 Å². The molecule has 3 aromatic carbocycles. The molecule has 34 heavy (non-hydrogen) atoms. The fraction of sp³-hybridized carbons (Fsp3) is 0.0833. The first-order valence-corrected chi connectivity index (χ1v) is 12.2. The Labute approximate surface area is 208 Å². The fourth-order valence-electron chi connectivity index (χ4n) is 3.05. The lowest BCUT2D eigenvalue weighted by atomic mass is 10.1. The SMILES string of the molecule is C=CCNC(=O)c1ccccc1NC(=O)CN(c1cccc(Cl)c1)S(=O)(=O)c1ccc(Cl)cc1. The van der Waals surface area contributed by atoms with Gasteiger partial charge in [-0.1, -0.05) is 47.5 Å². The second-order valence-electron chi connectivity index (χ2n) is 7.04. The number of rotatable bonds is 9. The predicted molar refractivity (Wildman–Crippen MR) is 135 cm³/mol. The van der Waals surface area contributed by atoms with Gasteiger partial charge in [-0.2, -0.15) is 0 Å². The Morgan fingerprint density at radius 3 is 2.32 bits per heavy atom. The van der Waals surface area contributed by atoms with Gasteiger partial charge in [0, 0.05) is 16.6 Å². The Bertz CT molecular complexity index is 1310. The van der Waals surface area contributed by atoms with Crippen molar-refractivity contribution in [3.63, 3.8) is 0 Å². The molecule has 0 spiro atoms. The molecule has 176 valence electrons. The maximum atomic E-state index is 13.4. The molecule has 3 aromatic rings. The van der Waals surface area contributed by atoms with E-state index in [1.807, 2.05) is 0 Å². The standard InChI is InChI=1S/C24H21Cl2N3O4S/c1-2-14-27-24(31)21-8-3-4-9-22(21)28-23(30)16-29(19-7-5-6-18(26)15-19)34(32,33)20-12-10-17(25)11-13-20/h2-13,15H,1,14,16H2,(H,27,31)(H,28,30). The average molecular weight is 518 g/mol. The summed E-state index contributed by atoms with van der Waals surface area (Å²) in [4.78, 5) is 25.4. The van der Waals surface area contributed by atoms with Crippen molar-refractivity contribution in [3.05, 3.63) is 101 Å². The molecule has 0 fully saturated rings. The second-order valence-corrected chi connectivity index (χ2v) is 9.77. The summed E-state index contributed by atoms with van der Waals surface area (Å²) < 4.78 is 27.8. The monoisotopic (exact) mass is 517 g/mol. The third-order valence-corrected chi connectivity index (χ3v) is 6.91. The number of anilines is 2. The van der Waals surface area contributed by atoms with E-state index in [0.717, 1.165) is 4.31 Å². The highest BCUT2D eigenvalue weighted by molar-refractivity contribution is 7.92. The Morgan fingerprint density at radius 2 is 1.65 bits per heavy atom. The topological polar surface area (TPSA) is 95.6 Å². The van der Waals surface area contributed by atoms with E-state index < -0.39 is 28.4 Å². The second kappa shape index (κ2) is 11.2. The number of hydrogen-bond donors (Lipinski definition) is 2. The summed E-state index contributed by atoms with van der Waals surface area (Å²) >= 11 is 12.0. The van der Waals surface area contributed by atoms with E-state index in [1.165, 1.54) is 42.5 Å². The molecule has 0 aromatic heterocycles. The highest BCUT2D eigenvalue weighted by Gasteiger charge is 2.28. The molecule has 7 nitrogen and oxygen atoms in total. The van der Waals surface area contributed by atoms with E-state index in [9.17, 15) is 18.0 Å². The van der Waals surface area contributed by atoms with E-state index in [2.05, 4.69) is 17.2 Å². The molecule has 3 rings (SSSR count). The first kappa shape index (κ1) is 25.3. The average Bonchev–Trinajstić information content (AvgIpc) is 2.81. The summed E-state index contributed by atoms with van der Waals surface area (Å²) in [5.41, 5.74) is 0.672. The van der Waals surface area contributed by atoms with Crippen molar-refractivity contribution in [2.45, 2.75) is 4.90 Å². The van der Waals surface area contributed by atoms with Gasteiger partial charge in [-0.05, 0) is 54.6 Å². The third kappa shape index (κ3) is 6.17. The Kier molecular flexibility index (Phi) is 8.33. The van der Waals surface area contributed by atoms with Gasteiger partial charge in [0.15, 0.2) is 0 Å². The summed E-state index contributed by atoms with van der Waals surface area (Å²) in [5.74, 6) is -1.06. The van der Waals surface area contributed by atoms with Crippen LogP contribution in [-0.2, 0) is 14.8 Å². The number of hydrogen-bond acceptors (Lipinski definition) is 4. The van der Waals surface area contributed by atoms with Crippen molar-refractivity contribution in [3.8, 4) is 0 Å². The van der Waals surface area contributed by atoms with Gasteiger partial charge in [0.2, 0.25) is 5.91 Å². The molecule has 0 radical (unpaired) electrons. The minimum absolute atomic E-state index is 0.0473. The van der Waals surface area contributed by atoms with E-state index in [1.54, 1.807) is 36.4 Å². The van der Waals surface area contributed by atoms with Crippen LogP contribution in [0, 0.1) is 0 Å². The van der Waals surface area contributed by atoms with E-state index in [0.29, 0.717) is 10.0 Å². The molecule has 10 heteroatoms. The van der Waals surface area contributed by atoms with Crippen LogP contribution >= 0.6 is 23.2 Å². The largest absolute Gasteiger partial charge is 0.349 e. The molecule has 0 aliphatic rings. The highest BCUT2D eigenvalue weighted by Crippen LogP contribution is 2.27. The number of nitrogens with one attached hydrogen (secondary N) is 2. The lowest BCUT2D eigenvalue weighted by Gasteiger charge is -2.24. The lowest BCUT2D eigenvalue weighted by molar-refractivity contribution is -0.114. The van der Waals surface area contributed by atoms with E-state index >= 15 is 0 Å². The minimum Gasteiger partial charge on any atom is -0.349 e. The molecule has 0 unspecified atom stereocenters. The van der Waals surface area contributed by atoms with Crippen LogP contribution in [0.4, 0.5) is 11.4 Å². The van der Waals surface area contributed by atoms with Crippen LogP contribution in [0.3, 0.4) is 0 Å². The lowest BCUT2D eigenvalue weighted by Crippen LogP contribution is -2.38. The molecule has 2 N–H and O–H groups in total. The zero-order chi connectivity index (χ0) is 24.7. The zero-order valence-electron chi connectivity index (χ0n) is 17.9. The molecular weight excluding hydrogens is 497 g/mol. The first-order valence-electron chi connectivity index (χ1n) is 10.0. The van der Waals surface area contributed by atoms with Gasteiger partial charge in [0.05, 0.1) is 21.8 Å².